The molecule has 3 aromatic rings. The smallest absolute Gasteiger partial charge is 0.328 e. The van der Waals surface area contributed by atoms with Gasteiger partial charge < -0.3 is 24.2 Å². The molecule has 1 unspecified atom stereocenters. The Bertz CT molecular complexity index is 1490. The van der Waals surface area contributed by atoms with Crippen molar-refractivity contribution in [2.45, 2.75) is 78.5 Å². The summed E-state index contributed by atoms with van der Waals surface area (Å²) in [5.41, 5.74) is 3.14. The highest BCUT2D eigenvalue weighted by Gasteiger charge is 2.46. The Morgan fingerprint density at radius 3 is 2.53 bits per heavy atom. The van der Waals surface area contributed by atoms with Crippen LogP contribution in [0.15, 0.2) is 48.5 Å². The summed E-state index contributed by atoms with van der Waals surface area (Å²) in [4.78, 5) is 38.3. The zero-order valence-corrected chi connectivity index (χ0v) is 25.8. The van der Waals surface area contributed by atoms with Gasteiger partial charge in [-0.1, -0.05) is 65.0 Å². The van der Waals surface area contributed by atoms with E-state index in [0.29, 0.717) is 17.1 Å². The molecule has 4 atom stereocenters. The van der Waals surface area contributed by atoms with Crippen LogP contribution in [-0.2, 0) is 25.5 Å². The van der Waals surface area contributed by atoms with E-state index in [2.05, 4.69) is 31.3 Å². The van der Waals surface area contributed by atoms with Crippen LogP contribution in [0.5, 0.6) is 5.88 Å². The standard InChI is InChI=1S/C33H42N4O6/c1-32(2,3)27-29(38)37-18-22(17-25(37)30(39)41-6)43-28-26(34-23-12-7-8-13-24(23)35-28)21-11-9-10-20(16-21)14-15-33(4,5)19-42-31(40)36-27/h7-13,16,22,25,27,31,36,40H,14-15,17-19H2,1-6H3/t22-,25+,27-,31?/m1/s1. The minimum atomic E-state index is -1.38. The van der Waals surface area contributed by atoms with Crippen LogP contribution in [0.4, 0.5) is 0 Å². The first-order chi connectivity index (χ1) is 20.3. The monoisotopic (exact) mass is 590 g/mol. The van der Waals surface area contributed by atoms with E-state index < -0.39 is 36.0 Å². The van der Waals surface area contributed by atoms with Crippen LogP contribution in [0.3, 0.4) is 0 Å². The highest BCUT2D eigenvalue weighted by atomic mass is 16.6. The Morgan fingerprint density at radius 2 is 1.84 bits per heavy atom. The number of hydrogen-bond acceptors (Lipinski definition) is 9. The fourth-order valence-electron chi connectivity index (χ4n) is 5.68. The number of amides is 1. The fourth-order valence-corrected chi connectivity index (χ4v) is 5.68. The highest BCUT2D eigenvalue weighted by Crippen LogP contribution is 2.34. The summed E-state index contributed by atoms with van der Waals surface area (Å²) in [6.45, 7) is 10.3. The minimum Gasteiger partial charge on any atom is -0.471 e. The number of esters is 1. The molecule has 1 amide bonds. The van der Waals surface area contributed by atoms with Crippen molar-refractivity contribution in [1.29, 1.82) is 0 Å². The fraction of sp³-hybridized carbons (Fsp3) is 0.515. The molecule has 1 aromatic heterocycles. The topological polar surface area (TPSA) is 123 Å². The number of rotatable bonds is 1. The Morgan fingerprint density at radius 1 is 1.12 bits per heavy atom. The molecule has 2 aliphatic rings. The Kier molecular flexibility index (Phi) is 8.74. The summed E-state index contributed by atoms with van der Waals surface area (Å²) in [6, 6.07) is 14.0. The quantitative estimate of drug-likeness (QED) is 0.404. The van der Waals surface area contributed by atoms with E-state index in [1.807, 2.05) is 57.2 Å². The SMILES string of the molecule is COC(=O)[C@@H]1C[C@@H]2CN1C(=O)[C@H](C(C)(C)C)NC(O)OCC(C)(C)CCc1cccc(c1)-c1nc3ccccc3nc1O2. The average Bonchev–Trinajstić information content (AvgIpc) is 3.40. The van der Waals surface area contributed by atoms with E-state index in [1.54, 1.807) is 0 Å². The summed E-state index contributed by atoms with van der Waals surface area (Å²) >= 11 is 0. The minimum absolute atomic E-state index is 0.130. The number of carbonyl (C=O) groups is 2. The van der Waals surface area contributed by atoms with Gasteiger partial charge >= 0.3 is 5.97 Å². The van der Waals surface area contributed by atoms with Gasteiger partial charge in [-0.05, 0) is 47.4 Å². The second-order valence-corrected chi connectivity index (χ2v) is 13.4. The van der Waals surface area contributed by atoms with E-state index in [4.69, 9.17) is 24.2 Å². The molecule has 4 bridgehead atoms. The van der Waals surface area contributed by atoms with Gasteiger partial charge in [0.05, 0.1) is 37.3 Å². The van der Waals surface area contributed by atoms with E-state index in [9.17, 15) is 14.7 Å². The third-order valence-corrected chi connectivity index (χ3v) is 8.18. The molecule has 1 fully saturated rings. The second-order valence-electron chi connectivity index (χ2n) is 13.4. The van der Waals surface area contributed by atoms with Gasteiger partial charge in [-0.3, -0.25) is 10.1 Å². The van der Waals surface area contributed by atoms with Gasteiger partial charge in [0.15, 0.2) is 0 Å². The predicted molar refractivity (Wildman–Crippen MR) is 162 cm³/mol. The summed E-state index contributed by atoms with van der Waals surface area (Å²) in [5.74, 6) is -0.543. The number of aliphatic hydroxyl groups excluding tert-OH is 1. The highest BCUT2D eigenvalue weighted by molar-refractivity contribution is 5.89. The molecule has 3 heterocycles. The molecular weight excluding hydrogens is 548 g/mol. The first-order valence-corrected chi connectivity index (χ1v) is 14.8. The number of aryl methyl sites for hydroxylation is 1. The first-order valence-electron chi connectivity index (χ1n) is 14.8. The maximum absolute atomic E-state index is 14.1. The maximum atomic E-state index is 14.1. The van der Waals surface area contributed by atoms with Gasteiger partial charge in [0.1, 0.15) is 17.8 Å². The zero-order valence-electron chi connectivity index (χ0n) is 25.8. The van der Waals surface area contributed by atoms with Gasteiger partial charge in [0.2, 0.25) is 18.2 Å². The lowest BCUT2D eigenvalue weighted by Gasteiger charge is -2.36. The number of hydrogen-bond donors (Lipinski definition) is 2. The van der Waals surface area contributed by atoms with Crippen LogP contribution < -0.4 is 10.1 Å². The third kappa shape index (κ3) is 6.98. The molecule has 2 aliphatic heterocycles. The normalized spacial score (nSPS) is 24.9. The lowest BCUT2D eigenvalue weighted by atomic mass is 9.85. The van der Waals surface area contributed by atoms with Crippen LogP contribution in [-0.4, -0.2) is 76.7 Å². The van der Waals surface area contributed by atoms with Crippen LogP contribution >= 0.6 is 0 Å². The maximum Gasteiger partial charge on any atom is 0.328 e. The zero-order chi connectivity index (χ0) is 30.9. The average molecular weight is 591 g/mol. The van der Waals surface area contributed by atoms with E-state index >= 15 is 0 Å². The predicted octanol–water partition coefficient (Wildman–Crippen LogP) is 4.09. The van der Waals surface area contributed by atoms with Gasteiger partial charge in [0.25, 0.3) is 0 Å². The Balaban J connectivity index is 1.60. The molecule has 43 heavy (non-hydrogen) atoms. The first kappa shape index (κ1) is 30.8. The van der Waals surface area contributed by atoms with Crippen molar-refractivity contribution >= 4 is 22.9 Å². The molecule has 1 saturated heterocycles. The van der Waals surface area contributed by atoms with Gasteiger partial charge in [0, 0.05) is 12.0 Å². The second kappa shape index (κ2) is 12.2. The van der Waals surface area contributed by atoms with E-state index in [1.165, 1.54) is 12.0 Å². The summed E-state index contributed by atoms with van der Waals surface area (Å²) < 4.78 is 17.4. The number of aromatic nitrogens is 2. The molecule has 10 nitrogen and oxygen atoms in total. The van der Waals surface area contributed by atoms with Crippen molar-refractivity contribution in [1.82, 2.24) is 20.2 Å². The number of fused-ring (bicyclic) bond motifs is 7. The van der Waals surface area contributed by atoms with Gasteiger partial charge in [-0.2, -0.15) is 0 Å². The van der Waals surface area contributed by atoms with Crippen LogP contribution in [0.2, 0.25) is 0 Å². The van der Waals surface area contributed by atoms with Crippen molar-refractivity contribution in [2.24, 2.45) is 10.8 Å². The summed E-state index contributed by atoms with van der Waals surface area (Å²) in [7, 11) is 1.30. The van der Waals surface area contributed by atoms with Crippen molar-refractivity contribution in [2.75, 3.05) is 20.3 Å². The molecule has 230 valence electrons. The molecule has 0 radical (unpaired) electrons. The van der Waals surface area contributed by atoms with Crippen LogP contribution in [0.25, 0.3) is 22.3 Å². The number of aliphatic hydroxyl groups is 1. The van der Waals surface area contributed by atoms with Gasteiger partial charge in [-0.15, -0.1) is 0 Å². The lowest BCUT2D eigenvalue weighted by molar-refractivity contribution is -0.164. The molecule has 10 heteroatoms. The number of ether oxygens (including phenoxy) is 3. The molecule has 0 saturated carbocycles. The summed E-state index contributed by atoms with van der Waals surface area (Å²) in [6.07, 6.45) is -0.125. The number of methoxy groups -OCH3 is 1. The molecule has 5 rings (SSSR count). The number of benzene rings is 2. The summed E-state index contributed by atoms with van der Waals surface area (Å²) in [5, 5.41) is 13.8. The molecule has 2 N–H and O–H groups in total. The van der Waals surface area contributed by atoms with E-state index in [0.717, 1.165) is 29.5 Å². The number of nitrogens with zero attached hydrogens (tertiary/aromatic N) is 3. The van der Waals surface area contributed by atoms with Crippen molar-refractivity contribution in [3.63, 3.8) is 0 Å². The number of nitrogens with one attached hydrogen (secondary N) is 1. The molecular formula is C33H42N4O6. The van der Waals surface area contributed by atoms with Crippen LogP contribution in [0.1, 0.15) is 53.0 Å². The van der Waals surface area contributed by atoms with Crippen molar-refractivity contribution in [3.8, 4) is 17.1 Å². The van der Waals surface area contributed by atoms with Crippen molar-refractivity contribution in [3.05, 3.63) is 54.1 Å². The Hall–Kier alpha value is -3.60. The Labute approximate surface area is 252 Å². The molecule has 0 aliphatic carbocycles. The number of carbonyl (C=O) groups excluding carboxylic acids is 2. The third-order valence-electron chi connectivity index (χ3n) is 8.18. The van der Waals surface area contributed by atoms with Crippen molar-refractivity contribution < 1.29 is 28.9 Å². The largest absolute Gasteiger partial charge is 0.471 e. The number of para-hydroxylation sites is 2. The van der Waals surface area contributed by atoms with E-state index in [-0.39, 0.29) is 30.9 Å². The van der Waals surface area contributed by atoms with Gasteiger partial charge in [-0.25, -0.2) is 14.8 Å². The lowest BCUT2D eigenvalue weighted by Crippen LogP contribution is -2.58. The molecule has 2 aromatic carbocycles. The molecule has 0 spiro atoms. The van der Waals surface area contributed by atoms with Crippen LogP contribution in [0, 0.1) is 10.8 Å².